The molecule has 0 spiro atoms. The number of aromatic nitrogens is 6. The normalized spacial score (nSPS) is 11.5. The molecule has 12 nitrogen and oxygen atoms in total. The van der Waals surface area contributed by atoms with Gasteiger partial charge in [0.05, 0.1) is 19.4 Å². The summed E-state index contributed by atoms with van der Waals surface area (Å²) >= 11 is 0. The summed E-state index contributed by atoms with van der Waals surface area (Å²) in [5.41, 5.74) is 7.21. The molecule has 4 aromatic heterocycles. The van der Waals surface area contributed by atoms with E-state index in [1.807, 2.05) is 12.1 Å². The predicted octanol–water partition coefficient (Wildman–Crippen LogP) is 1.72. The first-order valence-electron chi connectivity index (χ1n) is 10.6. The fourth-order valence-electron chi connectivity index (χ4n) is 3.63. The highest BCUT2D eigenvalue weighted by atomic mass is 16.5. The first-order valence-corrected chi connectivity index (χ1v) is 10.6. The number of imidazole rings is 1. The van der Waals surface area contributed by atoms with Crippen LogP contribution in [0.3, 0.4) is 0 Å². The number of hydrogen-bond acceptors (Lipinski definition) is 9. The molecule has 0 unspecified atom stereocenters. The quantitative estimate of drug-likeness (QED) is 0.323. The monoisotopic (exact) mass is 465 g/mol. The van der Waals surface area contributed by atoms with Gasteiger partial charge in [0.25, 0.3) is 0 Å². The van der Waals surface area contributed by atoms with Gasteiger partial charge in [0.15, 0.2) is 17.1 Å². The van der Waals surface area contributed by atoms with Gasteiger partial charge in [-0.25, -0.2) is 9.78 Å². The van der Waals surface area contributed by atoms with E-state index in [0.717, 1.165) is 5.75 Å². The van der Waals surface area contributed by atoms with E-state index in [-0.39, 0.29) is 24.8 Å². The van der Waals surface area contributed by atoms with Gasteiger partial charge in [-0.1, -0.05) is 0 Å². The highest BCUT2D eigenvalue weighted by Gasteiger charge is 2.21. The van der Waals surface area contributed by atoms with Crippen LogP contribution in [0.2, 0.25) is 0 Å². The zero-order valence-corrected chi connectivity index (χ0v) is 18.7. The summed E-state index contributed by atoms with van der Waals surface area (Å²) in [6.07, 6.45) is 1.53. The Bertz CT molecular complexity index is 1480. The van der Waals surface area contributed by atoms with Crippen LogP contribution in [0.15, 0.2) is 51.9 Å². The molecule has 2 N–H and O–H groups in total. The van der Waals surface area contributed by atoms with E-state index in [9.17, 15) is 4.79 Å². The molecular formula is C22H23N7O5. The molecule has 0 aliphatic rings. The topological polar surface area (TPSA) is 137 Å². The Morgan fingerprint density at radius 2 is 1.74 bits per heavy atom. The number of nitrogens with zero attached hydrogens (tertiary/aromatic N) is 6. The highest BCUT2D eigenvalue weighted by molar-refractivity contribution is 5.88. The van der Waals surface area contributed by atoms with E-state index < -0.39 is 0 Å². The van der Waals surface area contributed by atoms with E-state index in [1.165, 1.54) is 19.9 Å². The lowest BCUT2D eigenvalue weighted by Crippen LogP contribution is -2.24. The molecule has 0 saturated heterocycles. The second-order valence-corrected chi connectivity index (χ2v) is 7.44. The minimum atomic E-state index is -0.261. The van der Waals surface area contributed by atoms with E-state index in [2.05, 4.69) is 15.1 Å². The number of anilines is 1. The van der Waals surface area contributed by atoms with Crippen LogP contribution in [0.5, 0.6) is 11.5 Å². The van der Waals surface area contributed by atoms with Gasteiger partial charge in [0.1, 0.15) is 30.2 Å². The maximum Gasteiger partial charge on any atom is 0.330 e. The van der Waals surface area contributed by atoms with Crippen molar-refractivity contribution in [2.45, 2.75) is 6.54 Å². The molecule has 34 heavy (non-hydrogen) atoms. The van der Waals surface area contributed by atoms with Gasteiger partial charge in [0.2, 0.25) is 11.8 Å². The number of methoxy groups -OCH3 is 1. The predicted molar refractivity (Wildman–Crippen MR) is 123 cm³/mol. The minimum Gasteiger partial charge on any atom is -0.492 e. The molecule has 5 rings (SSSR count). The third kappa shape index (κ3) is 3.83. The maximum absolute atomic E-state index is 13.0. The molecule has 1 aromatic carbocycles. The van der Waals surface area contributed by atoms with Crippen molar-refractivity contribution in [2.24, 2.45) is 7.05 Å². The third-order valence-electron chi connectivity index (χ3n) is 5.28. The number of fused-ring (bicyclic) bond motifs is 3. The largest absolute Gasteiger partial charge is 0.492 e. The maximum atomic E-state index is 13.0. The molecule has 4 heterocycles. The number of furan rings is 1. The number of hydrogen-bond donors (Lipinski definition) is 1. The van der Waals surface area contributed by atoms with Crippen LogP contribution < -0.4 is 20.9 Å². The molecule has 0 radical (unpaired) electrons. The molecule has 12 heteroatoms. The van der Waals surface area contributed by atoms with Gasteiger partial charge < -0.3 is 24.4 Å². The van der Waals surface area contributed by atoms with E-state index in [1.54, 1.807) is 38.4 Å². The lowest BCUT2D eigenvalue weighted by atomic mass is 10.3. The fourth-order valence-corrected chi connectivity index (χ4v) is 3.63. The van der Waals surface area contributed by atoms with Crippen molar-refractivity contribution in [1.29, 1.82) is 0 Å². The lowest BCUT2D eigenvalue weighted by Gasteiger charge is -2.09. The molecule has 0 aliphatic heterocycles. The standard InChI is InChI=1S/C22H23N7O5/c1-27-17-19(25-21(23)29-20(17)24-18(26-29)16-4-3-10-34-16)28(22(27)30)9-11-32-14-5-7-15(8-6-14)33-13-12-31-2/h3-8,10H,9,11-13H2,1-2H3,(H2,23,25). The zero-order chi connectivity index (χ0) is 23.7. The Morgan fingerprint density at radius 1 is 1.00 bits per heavy atom. The SMILES string of the molecule is COCCOc1ccc(OCCn2c(=O)n(C)c3c2nc(N)n2nc(-c4ccco4)nc32)cc1. The van der Waals surface area contributed by atoms with Gasteiger partial charge in [-0.05, 0) is 36.4 Å². The van der Waals surface area contributed by atoms with Gasteiger partial charge in [-0.3, -0.25) is 9.13 Å². The Labute approximate surface area is 193 Å². The molecule has 5 aromatic rings. The molecule has 0 atom stereocenters. The minimum absolute atomic E-state index is 0.108. The number of rotatable bonds is 9. The van der Waals surface area contributed by atoms with Gasteiger partial charge in [-0.2, -0.15) is 9.50 Å². The van der Waals surface area contributed by atoms with Crippen LogP contribution in [0.4, 0.5) is 5.95 Å². The van der Waals surface area contributed by atoms with Crippen molar-refractivity contribution in [3.05, 3.63) is 53.1 Å². The fraction of sp³-hybridized carbons (Fsp3) is 0.273. The summed E-state index contributed by atoms with van der Waals surface area (Å²) in [7, 11) is 3.28. The first kappa shape index (κ1) is 21.5. The van der Waals surface area contributed by atoms with Crippen LogP contribution in [0.1, 0.15) is 0 Å². The second-order valence-electron chi connectivity index (χ2n) is 7.44. The molecule has 0 fully saturated rings. The molecule has 0 amide bonds. The number of nitrogen functional groups attached to an aromatic ring is 1. The van der Waals surface area contributed by atoms with Gasteiger partial charge in [0, 0.05) is 14.2 Å². The summed E-state index contributed by atoms with van der Waals surface area (Å²) in [6, 6.07) is 10.7. The molecule has 176 valence electrons. The summed E-state index contributed by atoms with van der Waals surface area (Å²) in [6.45, 7) is 1.51. The van der Waals surface area contributed by atoms with Crippen molar-refractivity contribution in [1.82, 2.24) is 28.7 Å². The van der Waals surface area contributed by atoms with E-state index in [0.29, 0.717) is 47.4 Å². The summed E-state index contributed by atoms with van der Waals surface area (Å²) in [5, 5.41) is 4.38. The summed E-state index contributed by atoms with van der Waals surface area (Å²) < 4.78 is 26.1. The number of ether oxygens (including phenoxy) is 3. The van der Waals surface area contributed by atoms with E-state index in [4.69, 9.17) is 24.4 Å². The number of aryl methyl sites for hydroxylation is 1. The van der Waals surface area contributed by atoms with Crippen LogP contribution >= 0.6 is 0 Å². The summed E-state index contributed by atoms with van der Waals surface area (Å²) in [5.74, 6) is 2.33. The Balaban J connectivity index is 1.38. The summed E-state index contributed by atoms with van der Waals surface area (Å²) in [4.78, 5) is 21.9. The Morgan fingerprint density at radius 3 is 2.41 bits per heavy atom. The van der Waals surface area contributed by atoms with Gasteiger partial charge >= 0.3 is 5.69 Å². The van der Waals surface area contributed by atoms with Crippen LogP contribution in [0, 0.1) is 0 Å². The van der Waals surface area contributed by atoms with Crippen LogP contribution in [0.25, 0.3) is 28.4 Å². The number of benzene rings is 1. The van der Waals surface area contributed by atoms with Crippen molar-refractivity contribution in [3.8, 4) is 23.1 Å². The first-order chi connectivity index (χ1) is 16.6. The smallest absolute Gasteiger partial charge is 0.330 e. The van der Waals surface area contributed by atoms with Crippen molar-refractivity contribution in [3.63, 3.8) is 0 Å². The molecule has 0 aliphatic carbocycles. The van der Waals surface area contributed by atoms with Crippen molar-refractivity contribution in [2.75, 3.05) is 32.7 Å². The zero-order valence-electron chi connectivity index (χ0n) is 18.7. The molecular weight excluding hydrogens is 442 g/mol. The van der Waals surface area contributed by atoms with Crippen LogP contribution in [-0.2, 0) is 18.3 Å². The lowest BCUT2D eigenvalue weighted by molar-refractivity contribution is 0.146. The number of nitrogens with two attached hydrogens (primary N) is 1. The van der Waals surface area contributed by atoms with Crippen LogP contribution in [-0.4, -0.2) is 55.6 Å². The van der Waals surface area contributed by atoms with E-state index >= 15 is 0 Å². The second kappa shape index (κ2) is 8.90. The Hall–Kier alpha value is -4.32. The van der Waals surface area contributed by atoms with Gasteiger partial charge in [-0.15, -0.1) is 5.10 Å². The third-order valence-corrected chi connectivity index (χ3v) is 5.28. The average molecular weight is 465 g/mol. The van der Waals surface area contributed by atoms with Crippen molar-refractivity contribution < 1.29 is 18.6 Å². The Kier molecular flexibility index (Phi) is 5.64. The highest BCUT2D eigenvalue weighted by Crippen LogP contribution is 2.23. The molecule has 0 saturated carbocycles. The average Bonchev–Trinajstić information content (AvgIpc) is 3.56. The van der Waals surface area contributed by atoms with Crippen molar-refractivity contribution >= 4 is 22.8 Å². The molecule has 0 bridgehead atoms.